The number of benzene rings is 1. The Morgan fingerprint density at radius 2 is 1.64 bits per heavy atom. The van der Waals surface area contributed by atoms with Crippen LogP contribution in [0.15, 0.2) is 30.3 Å². The van der Waals surface area contributed by atoms with Crippen LogP contribution >= 0.6 is 0 Å². The molecule has 0 aliphatic heterocycles. The highest BCUT2D eigenvalue weighted by Gasteiger charge is 1.91. The van der Waals surface area contributed by atoms with Gasteiger partial charge in [-0.2, -0.15) is 0 Å². The number of rotatable bonds is 7. The SMILES string of the molecule is [O-]CCCCCCOc1ccccc1. The van der Waals surface area contributed by atoms with Crippen molar-refractivity contribution < 1.29 is 9.84 Å². The van der Waals surface area contributed by atoms with E-state index in [1.54, 1.807) is 0 Å². The van der Waals surface area contributed by atoms with Crippen molar-refractivity contribution in [2.45, 2.75) is 25.7 Å². The van der Waals surface area contributed by atoms with Gasteiger partial charge in [0.2, 0.25) is 0 Å². The summed E-state index contributed by atoms with van der Waals surface area (Å²) < 4.78 is 5.51. The molecule has 0 atom stereocenters. The van der Waals surface area contributed by atoms with E-state index in [0.717, 1.165) is 38.0 Å². The molecule has 0 unspecified atom stereocenters. The van der Waals surface area contributed by atoms with Crippen LogP contribution in [-0.4, -0.2) is 13.2 Å². The normalized spacial score (nSPS) is 10.1. The molecule has 1 aromatic rings. The van der Waals surface area contributed by atoms with Crippen molar-refractivity contribution in [3.63, 3.8) is 0 Å². The van der Waals surface area contributed by atoms with Gasteiger partial charge in [0, 0.05) is 0 Å². The van der Waals surface area contributed by atoms with Crippen LogP contribution in [0, 0.1) is 0 Å². The Morgan fingerprint density at radius 1 is 0.929 bits per heavy atom. The molecule has 0 N–H and O–H groups in total. The Bertz CT molecular complexity index is 221. The standard InChI is InChI=1S/C12H17O2/c13-10-6-1-2-7-11-14-12-8-4-3-5-9-12/h3-5,8-9H,1-2,6-7,10-11H2/q-1. The molecule has 0 amide bonds. The van der Waals surface area contributed by atoms with E-state index in [9.17, 15) is 5.11 Å². The van der Waals surface area contributed by atoms with Gasteiger partial charge in [0.25, 0.3) is 0 Å². The minimum Gasteiger partial charge on any atom is -0.854 e. The molecule has 1 aromatic carbocycles. The number of hydrogen-bond acceptors (Lipinski definition) is 2. The van der Waals surface area contributed by atoms with Gasteiger partial charge in [-0.05, 0) is 18.6 Å². The van der Waals surface area contributed by atoms with Crippen LogP contribution in [0.25, 0.3) is 0 Å². The van der Waals surface area contributed by atoms with Gasteiger partial charge in [0.05, 0.1) is 6.61 Å². The minimum atomic E-state index is 0.0551. The lowest BCUT2D eigenvalue weighted by atomic mass is 10.2. The van der Waals surface area contributed by atoms with Crippen LogP contribution in [0.4, 0.5) is 0 Å². The zero-order valence-corrected chi connectivity index (χ0v) is 8.45. The molecule has 0 saturated heterocycles. The molecule has 14 heavy (non-hydrogen) atoms. The van der Waals surface area contributed by atoms with Crippen molar-refractivity contribution in [3.05, 3.63) is 30.3 Å². The Morgan fingerprint density at radius 3 is 2.36 bits per heavy atom. The second-order valence-corrected chi connectivity index (χ2v) is 3.28. The van der Waals surface area contributed by atoms with E-state index in [4.69, 9.17) is 4.74 Å². The van der Waals surface area contributed by atoms with Gasteiger partial charge >= 0.3 is 0 Å². The zero-order chi connectivity index (χ0) is 10.1. The van der Waals surface area contributed by atoms with Crippen LogP contribution < -0.4 is 9.84 Å². The first-order chi connectivity index (χ1) is 6.93. The first kappa shape index (κ1) is 11.1. The van der Waals surface area contributed by atoms with Gasteiger partial charge in [-0.3, -0.25) is 0 Å². The summed E-state index contributed by atoms with van der Waals surface area (Å²) in [5, 5.41) is 10.2. The highest BCUT2D eigenvalue weighted by atomic mass is 16.5. The summed E-state index contributed by atoms with van der Waals surface area (Å²) in [6, 6.07) is 9.82. The molecule has 0 radical (unpaired) electrons. The highest BCUT2D eigenvalue weighted by Crippen LogP contribution is 2.09. The summed E-state index contributed by atoms with van der Waals surface area (Å²) in [4.78, 5) is 0. The van der Waals surface area contributed by atoms with Gasteiger partial charge in [-0.15, -0.1) is 6.61 Å². The van der Waals surface area contributed by atoms with Gasteiger partial charge in [0.15, 0.2) is 0 Å². The Labute approximate surface area is 85.5 Å². The molecule has 0 heterocycles. The molecule has 2 nitrogen and oxygen atoms in total. The highest BCUT2D eigenvalue weighted by molar-refractivity contribution is 5.20. The molecule has 0 bridgehead atoms. The Balaban J connectivity index is 1.99. The molecule has 0 aliphatic rings. The van der Waals surface area contributed by atoms with E-state index in [-0.39, 0.29) is 6.61 Å². The summed E-state index contributed by atoms with van der Waals surface area (Å²) in [6.45, 7) is 0.808. The maximum Gasteiger partial charge on any atom is 0.119 e. The lowest BCUT2D eigenvalue weighted by Gasteiger charge is -2.06. The lowest BCUT2D eigenvalue weighted by Crippen LogP contribution is -2.05. The van der Waals surface area contributed by atoms with E-state index in [1.165, 1.54) is 0 Å². The summed E-state index contributed by atoms with van der Waals surface area (Å²) in [5.74, 6) is 0.927. The smallest absolute Gasteiger partial charge is 0.119 e. The molecule has 0 aliphatic carbocycles. The van der Waals surface area contributed by atoms with Crippen LogP contribution in [-0.2, 0) is 0 Å². The second kappa shape index (κ2) is 7.39. The van der Waals surface area contributed by atoms with Crippen LogP contribution in [0.2, 0.25) is 0 Å². The number of unbranched alkanes of at least 4 members (excludes halogenated alkanes) is 3. The monoisotopic (exact) mass is 193 g/mol. The largest absolute Gasteiger partial charge is 0.854 e. The maximum absolute atomic E-state index is 10.2. The van der Waals surface area contributed by atoms with E-state index >= 15 is 0 Å². The van der Waals surface area contributed by atoms with Gasteiger partial charge in [-0.25, -0.2) is 0 Å². The molecular weight excluding hydrogens is 176 g/mol. The van der Waals surface area contributed by atoms with Crippen LogP contribution in [0.3, 0.4) is 0 Å². The number of para-hydroxylation sites is 1. The third-order valence-corrected chi connectivity index (χ3v) is 2.05. The molecule has 1 rings (SSSR count). The fourth-order valence-corrected chi connectivity index (χ4v) is 1.26. The second-order valence-electron chi connectivity index (χ2n) is 3.28. The third-order valence-electron chi connectivity index (χ3n) is 2.05. The third kappa shape index (κ3) is 4.87. The maximum atomic E-state index is 10.2. The fraction of sp³-hybridized carbons (Fsp3) is 0.500. The summed E-state index contributed by atoms with van der Waals surface area (Å²) in [7, 11) is 0. The molecule has 78 valence electrons. The summed E-state index contributed by atoms with van der Waals surface area (Å²) in [5.41, 5.74) is 0. The average molecular weight is 193 g/mol. The molecule has 0 saturated carbocycles. The summed E-state index contributed by atoms with van der Waals surface area (Å²) >= 11 is 0. The van der Waals surface area contributed by atoms with Crippen molar-refractivity contribution in [3.8, 4) is 5.75 Å². The zero-order valence-electron chi connectivity index (χ0n) is 8.45. The molecule has 0 spiro atoms. The number of hydrogen-bond donors (Lipinski definition) is 0. The van der Waals surface area contributed by atoms with Crippen molar-refractivity contribution in [2.75, 3.05) is 13.2 Å². The fourth-order valence-electron chi connectivity index (χ4n) is 1.26. The van der Waals surface area contributed by atoms with Crippen molar-refractivity contribution in [2.24, 2.45) is 0 Å². The molecule has 2 heteroatoms. The van der Waals surface area contributed by atoms with Gasteiger partial charge < -0.3 is 9.84 Å². The van der Waals surface area contributed by atoms with Gasteiger partial charge in [0.1, 0.15) is 5.75 Å². The first-order valence-electron chi connectivity index (χ1n) is 5.19. The minimum absolute atomic E-state index is 0.0551. The van der Waals surface area contributed by atoms with E-state index < -0.39 is 0 Å². The molecular formula is C12H17O2-. The molecule has 0 fully saturated rings. The Kier molecular flexibility index (Phi) is 5.84. The predicted molar refractivity (Wildman–Crippen MR) is 55.3 cm³/mol. The molecule has 0 aromatic heterocycles. The van der Waals surface area contributed by atoms with Gasteiger partial charge in [-0.1, -0.05) is 37.5 Å². The Hall–Kier alpha value is -1.02. The van der Waals surface area contributed by atoms with Crippen LogP contribution in [0.5, 0.6) is 5.75 Å². The predicted octanol–water partition coefficient (Wildman–Crippen LogP) is 1.99. The average Bonchev–Trinajstić information content (AvgIpc) is 2.25. The summed E-state index contributed by atoms with van der Waals surface area (Å²) in [6.07, 6.45) is 3.96. The lowest BCUT2D eigenvalue weighted by molar-refractivity contribution is -0.368. The van der Waals surface area contributed by atoms with Crippen molar-refractivity contribution in [1.29, 1.82) is 0 Å². The van der Waals surface area contributed by atoms with Crippen LogP contribution in [0.1, 0.15) is 25.7 Å². The van der Waals surface area contributed by atoms with E-state index in [1.807, 2.05) is 30.3 Å². The quantitative estimate of drug-likeness (QED) is 0.620. The number of ether oxygens (including phenoxy) is 1. The van der Waals surface area contributed by atoms with Crippen molar-refractivity contribution in [1.82, 2.24) is 0 Å². The first-order valence-corrected chi connectivity index (χ1v) is 5.19. The topological polar surface area (TPSA) is 32.3 Å². The van der Waals surface area contributed by atoms with Crippen molar-refractivity contribution >= 4 is 0 Å². The van der Waals surface area contributed by atoms with E-state index in [0.29, 0.717) is 0 Å². The van der Waals surface area contributed by atoms with E-state index in [2.05, 4.69) is 0 Å².